The van der Waals surface area contributed by atoms with E-state index in [0.29, 0.717) is 22.1 Å². The first-order valence-corrected chi connectivity index (χ1v) is 8.53. The Morgan fingerprint density at radius 1 is 0.963 bits per heavy atom. The molecule has 27 heavy (non-hydrogen) atoms. The third kappa shape index (κ3) is 7.37. The number of hydrogen-bond donors (Lipinski definition) is 2. The first-order chi connectivity index (χ1) is 12.9. The highest BCUT2D eigenvalue weighted by atomic mass is 35.5. The summed E-state index contributed by atoms with van der Waals surface area (Å²) in [5, 5.41) is 5.88. The van der Waals surface area contributed by atoms with E-state index in [1.54, 1.807) is 42.5 Å². The number of carbonyl (C=O) groups excluding carboxylic acids is 3. The standard InChI is InChI=1S/C19H19ClN2O5/c1-13(23)27-17-4-2-3-14(11-17)19(25)22-10-9-21-18(24)12-26-16-7-5-15(20)6-8-16/h2-8,11H,9-10,12H2,1H3,(H,21,24)(H,22,25). The number of esters is 1. The van der Waals surface area contributed by atoms with Crippen molar-refractivity contribution in [2.24, 2.45) is 0 Å². The van der Waals surface area contributed by atoms with Gasteiger partial charge in [0.2, 0.25) is 0 Å². The molecule has 0 saturated carbocycles. The minimum atomic E-state index is -0.462. The maximum atomic E-state index is 12.1. The van der Waals surface area contributed by atoms with Crippen molar-refractivity contribution in [1.82, 2.24) is 10.6 Å². The normalized spacial score (nSPS) is 10.0. The van der Waals surface area contributed by atoms with Crippen LogP contribution >= 0.6 is 11.6 Å². The van der Waals surface area contributed by atoms with Crippen molar-refractivity contribution in [2.45, 2.75) is 6.92 Å². The molecular weight excluding hydrogens is 372 g/mol. The molecule has 8 heteroatoms. The van der Waals surface area contributed by atoms with Crippen LogP contribution in [-0.4, -0.2) is 37.5 Å². The number of hydrogen-bond acceptors (Lipinski definition) is 5. The molecule has 0 heterocycles. The van der Waals surface area contributed by atoms with Gasteiger partial charge >= 0.3 is 5.97 Å². The molecule has 0 spiro atoms. The molecule has 0 saturated heterocycles. The smallest absolute Gasteiger partial charge is 0.308 e. The summed E-state index contributed by atoms with van der Waals surface area (Å²) in [6, 6.07) is 12.9. The Kier molecular flexibility index (Phi) is 7.63. The molecular formula is C19H19ClN2O5. The summed E-state index contributed by atoms with van der Waals surface area (Å²) in [5.74, 6) is -0.277. The topological polar surface area (TPSA) is 93.7 Å². The predicted octanol–water partition coefficient (Wildman–Crippen LogP) is 2.19. The summed E-state index contributed by atoms with van der Waals surface area (Å²) in [4.78, 5) is 34.7. The summed E-state index contributed by atoms with van der Waals surface area (Å²) < 4.78 is 10.3. The molecule has 0 aliphatic carbocycles. The van der Waals surface area contributed by atoms with E-state index >= 15 is 0 Å². The van der Waals surface area contributed by atoms with Gasteiger partial charge in [0.25, 0.3) is 11.8 Å². The molecule has 2 rings (SSSR count). The van der Waals surface area contributed by atoms with Gasteiger partial charge in [0, 0.05) is 30.6 Å². The lowest BCUT2D eigenvalue weighted by Gasteiger charge is -2.09. The van der Waals surface area contributed by atoms with Gasteiger partial charge in [-0.1, -0.05) is 17.7 Å². The van der Waals surface area contributed by atoms with E-state index in [0.717, 1.165) is 0 Å². The number of nitrogens with one attached hydrogen (secondary N) is 2. The quantitative estimate of drug-likeness (QED) is 0.409. The van der Waals surface area contributed by atoms with Crippen LogP contribution in [0.5, 0.6) is 11.5 Å². The van der Waals surface area contributed by atoms with E-state index in [9.17, 15) is 14.4 Å². The van der Waals surface area contributed by atoms with Gasteiger partial charge in [-0.2, -0.15) is 0 Å². The SMILES string of the molecule is CC(=O)Oc1cccc(C(=O)NCCNC(=O)COc2ccc(Cl)cc2)c1. The van der Waals surface area contributed by atoms with E-state index in [1.165, 1.54) is 13.0 Å². The van der Waals surface area contributed by atoms with E-state index in [2.05, 4.69) is 10.6 Å². The van der Waals surface area contributed by atoms with Gasteiger partial charge in [0.1, 0.15) is 11.5 Å². The second-order valence-electron chi connectivity index (χ2n) is 5.47. The summed E-state index contributed by atoms with van der Waals surface area (Å²) in [5.41, 5.74) is 0.353. The molecule has 0 unspecified atom stereocenters. The van der Waals surface area contributed by atoms with Crippen molar-refractivity contribution in [2.75, 3.05) is 19.7 Å². The van der Waals surface area contributed by atoms with Crippen LogP contribution < -0.4 is 20.1 Å². The Morgan fingerprint density at radius 3 is 2.37 bits per heavy atom. The Bertz CT molecular complexity index is 808. The van der Waals surface area contributed by atoms with Crippen LogP contribution in [0.4, 0.5) is 0 Å². The predicted molar refractivity (Wildman–Crippen MR) is 100 cm³/mol. The number of rotatable bonds is 8. The van der Waals surface area contributed by atoms with E-state index < -0.39 is 5.97 Å². The van der Waals surface area contributed by atoms with E-state index in [1.807, 2.05) is 0 Å². The molecule has 0 bridgehead atoms. The summed E-state index contributed by atoms with van der Waals surface area (Å²) in [6.07, 6.45) is 0. The fourth-order valence-electron chi connectivity index (χ4n) is 2.08. The molecule has 0 aromatic heterocycles. The molecule has 0 aliphatic rings. The molecule has 2 N–H and O–H groups in total. The third-order valence-corrected chi connectivity index (χ3v) is 3.53. The fourth-order valence-corrected chi connectivity index (χ4v) is 2.20. The largest absolute Gasteiger partial charge is 0.484 e. The Labute approximate surface area is 161 Å². The number of amides is 2. The maximum Gasteiger partial charge on any atom is 0.308 e. The molecule has 2 aromatic rings. The van der Waals surface area contributed by atoms with Crippen molar-refractivity contribution in [3.63, 3.8) is 0 Å². The van der Waals surface area contributed by atoms with Crippen molar-refractivity contribution < 1.29 is 23.9 Å². The highest BCUT2D eigenvalue weighted by Gasteiger charge is 2.08. The van der Waals surface area contributed by atoms with Gasteiger partial charge in [0.15, 0.2) is 6.61 Å². The fraction of sp³-hybridized carbons (Fsp3) is 0.211. The second kappa shape index (κ2) is 10.2. The van der Waals surface area contributed by atoms with Gasteiger partial charge < -0.3 is 20.1 Å². The monoisotopic (exact) mass is 390 g/mol. The molecule has 2 amide bonds. The van der Waals surface area contributed by atoms with Crippen molar-refractivity contribution >= 4 is 29.4 Å². The van der Waals surface area contributed by atoms with E-state index in [4.69, 9.17) is 21.1 Å². The van der Waals surface area contributed by atoms with Crippen LogP contribution in [0.2, 0.25) is 5.02 Å². The first-order valence-electron chi connectivity index (χ1n) is 8.16. The zero-order valence-corrected chi connectivity index (χ0v) is 15.4. The molecule has 0 fully saturated rings. The van der Waals surface area contributed by atoms with Crippen LogP contribution in [0.15, 0.2) is 48.5 Å². The minimum Gasteiger partial charge on any atom is -0.484 e. The van der Waals surface area contributed by atoms with Gasteiger partial charge in [-0.3, -0.25) is 14.4 Å². The summed E-state index contributed by atoms with van der Waals surface area (Å²) >= 11 is 5.77. The molecule has 142 valence electrons. The number of ether oxygens (including phenoxy) is 2. The van der Waals surface area contributed by atoms with Crippen LogP contribution in [-0.2, 0) is 9.59 Å². The lowest BCUT2D eigenvalue weighted by molar-refractivity contribution is -0.131. The zero-order chi connectivity index (χ0) is 19.6. The molecule has 0 atom stereocenters. The first kappa shape index (κ1) is 20.3. The van der Waals surface area contributed by atoms with Crippen molar-refractivity contribution in [1.29, 1.82) is 0 Å². The zero-order valence-electron chi connectivity index (χ0n) is 14.7. The lowest BCUT2D eigenvalue weighted by Crippen LogP contribution is -2.36. The number of benzene rings is 2. The molecule has 2 aromatic carbocycles. The van der Waals surface area contributed by atoms with Gasteiger partial charge in [0.05, 0.1) is 0 Å². The Morgan fingerprint density at radius 2 is 1.67 bits per heavy atom. The highest BCUT2D eigenvalue weighted by molar-refractivity contribution is 6.30. The second-order valence-corrected chi connectivity index (χ2v) is 5.91. The molecule has 0 radical (unpaired) electrons. The highest BCUT2D eigenvalue weighted by Crippen LogP contribution is 2.15. The van der Waals surface area contributed by atoms with Crippen LogP contribution in [0.3, 0.4) is 0 Å². The number of carbonyl (C=O) groups is 3. The third-order valence-electron chi connectivity index (χ3n) is 3.27. The summed E-state index contributed by atoms with van der Waals surface area (Å²) in [6.45, 7) is 1.63. The van der Waals surface area contributed by atoms with Gasteiger partial charge in [-0.15, -0.1) is 0 Å². The van der Waals surface area contributed by atoms with Gasteiger partial charge in [-0.25, -0.2) is 0 Å². The van der Waals surface area contributed by atoms with Crippen LogP contribution in [0, 0.1) is 0 Å². The number of halogens is 1. The van der Waals surface area contributed by atoms with Crippen molar-refractivity contribution in [3.8, 4) is 11.5 Å². The minimum absolute atomic E-state index is 0.139. The summed E-state index contributed by atoms with van der Waals surface area (Å²) in [7, 11) is 0. The maximum absolute atomic E-state index is 12.1. The van der Waals surface area contributed by atoms with E-state index in [-0.39, 0.29) is 31.5 Å². The van der Waals surface area contributed by atoms with Gasteiger partial charge in [-0.05, 0) is 42.5 Å². The Balaban J connectivity index is 1.68. The molecule has 7 nitrogen and oxygen atoms in total. The van der Waals surface area contributed by atoms with Crippen LogP contribution in [0.25, 0.3) is 0 Å². The average Bonchev–Trinajstić information content (AvgIpc) is 2.64. The van der Waals surface area contributed by atoms with Crippen molar-refractivity contribution in [3.05, 3.63) is 59.1 Å². The Hall–Kier alpha value is -3.06. The van der Waals surface area contributed by atoms with Crippen LogP contribution in [0.1, 0.15) is 17.3 Å². The molecule has 0 aliphatic heterocycles. The lowest BCUT2D eigenvalue weighted by atomic mass is 10.2. The average molecular weight is 391 g/mol.